The highest BCUT2D eigenvalue weighted by Gasteiger charge is 2.07. The van der Waals surface area contributed by atoms with E-state index in [9.17, 15) is 4.79 Å². The van der Waals surface area contributed by atoms with Crippen LogP contribution in [0.5, 0.6) is 17.2 Å². The number of ether oxygens (including phenoxy) is 3. The largest absolute Gasteiger partial charge is 0.497 e. The SMILES string of the molecule is COc1ccc(C=CC(=O)Oc2ccc(C)cc2Br)c(OC)c1. The van der Waals surface area contributed by atoms with E-state index in [0.717, 1.165) is 15.6 Å². The van der Waals surface area contributed by atoms with Gasteiger partial charge in [0.15, 0.2) is 0 Å². The van der Waals surface area contributed by atoms with Gasteiger partial charge in [0.05, 0.1) is 18.7 Å². The third kappa shape index (κ3) is 4.60. The van der Waals surface area contributed by atoms with Gasteiger partial charge >= 0.3 is 5.97 Å². The highest BCUT2D eigenvalue weighted by Crippen LogP contribution is 2.27. The standard InChI is InChI=1S/C18H17BrO4/c1-12-4-8-16(15(19)10-12)23-18(20)9-6-13-5-7-14(21-2)11-17(13)22-3/h4-11H,1-3H3. The number of rotatable bonds is 5. The summed E-state index contributed by atoms with van der Waals surface area (Å²) in [6.45, 7) is 1.96. The van der Waals surface area contributed by atoms with Gasteiger partial charge in [-0.2, -0.15) is 0 Å². The Kier molecular flexibility index (Phi) is 5.82. The van der Waals surface area contributed by atoms with Gasteiger partial charge in [0, 0.05) is 17.7 Å². The van der Waals surface area contributed by atoms with Crippen molar-refractivity contribution < 1.29 is 19.0 Å². The van der Waals surface area contributed by atoms with Crippen molar-refractivity contribution >= 4 is 28.0 Å². The topological polar surface area (TPSA) is 44.8 Å². The van der Waals surface area contributed by atoms with Crippen LogP contribution in [-0.2, 0) is 4.79 Å². The number of aryl methyl sites for hydroxylation is 1. The molecule has 0 aromatic heterocycles. The minimum absolute atomic E-state index is 0.465. The number of esters is 1. The van der Waals surface area contributed by atoms with Crippen LogP contribution in [0.1, 0.15) is 11.1 Å². The van der Waals surface area contributed by atoms with Gasteiger partial charge < -0.3 is 14.2 Å². The maximum Gasteiger partial charge on any atom is 0.336 e. The molecule has 0 aliphatic rings. The van der Waals surface area contributed by atoms with Crippen LogP contribution in [0.25, 0.3) is 6.08 Å². The number of carbonyl (C=O) groups is 1. The number of halogens is 1. The predicted octanol–water partition coefficient (Wildman–Crippen LogP) is 4.39. The fourth-order valence-electron chi connectivity index (χ4n) is 1.94. The summed E-state index contributed by atoms with van der Waals surface area (Å²) < 4.78 is 16.5. The Hall–Kier alpha value is -2.27. The monoisotopic (exact) mass is 376 g/mol. The zero-order valence-electron chi connectivity index (χ0n) is 13.1. The molecule has 0 atom stereocenters. The summed E-state index contributed by atoms with van der Waals surface area (Å²) in [7, 11) is 3.15. The van der Waals surface area contributed by atoms with Crippen molar-refractivity contribution in [3.63, 3.8) is 0 Å². The summed E-state index contributed by atoms with van der Waals surface area (Å²) in [4.78, 5) is 12.0. The fourth-order valence-corrected chi connectivity index (χ4v) is 2.52. The van der Waals surface area contributed by atoms with Crippen molar-refractivity contribution in [2.24, 2.45) is 0 Å². The molecule has 2 aromatic carbocycles. The number of carbonyl (C=O) groups excluding carboxylic acids is 1. The molecule has 0 heterocycles. The van der Waals surface area contributed by atoms with Gasteiger partial charge in [-0.25, -0.2) is 4.79 Å². The minimum atomic E-state index is -0.465. The molecule has 0 saturated heterocycles. The van der Waals surface area contributed by atoms with E-state index >= 15 is 0 Å². The fraction of sp³-hybridized carbons (Fsp3) is 0.167. The quantitative estimate of drug-likeness (QED) is 0.440. The number of hydrogen-bond donors (Lipinski definition) is 0. The molecule has 0 amide bonds. The van der Waals surface area contributed by atoms with Crippen molar-refractivity contribution in [3.05, 3.63) is 58.1 Å². The lowest BCUT2D eigenvalue weighted by atomic mass is 10.1. The molecule has 0 saturated carbocycles. The van der Waals surface area contributed by atoms with Crippen LogP contribution in [0.15, 0.2) is 46.9 Å². The van der Waals surface area contributed by atoms with Crippen LogP contribution in [0.2, 0.25) is 0 Å². The number of benzene rings is 2. The summed E-state index contributed by atoms with van der Waals surface area (Å²) in [5.41, 5.74) is 1.84. The summed E-state index contributed by atoms with van der Waals surface area (Å²) in [6, 6.07) is 10.9. The normalized spacial score (nSPS) is 10.6. The van der Waals surface area contributed by atoms with Gasteiger partial charge in [-0.15, -0.1) is 0 Å². The van der Waals surface area contributed by atoms with E-state index in [1.807, 2.05) is 25.1 Å². The Bertz CT molecular complexity index is 738. The summed E-state index contributed by atoms with van der Waals surface area (Å²) in [5.74, 6) is 1.31. The molecule has 0 aliphatic heterocycles. The van der Waals surface area contributed by atoms with E-state index in [0.29, 0.717) is 17.2 Å². The van der Waals surface area contributed by atoms with Gasteiger partial charge in [0.2, 0.25) is 0 Å². The zero-order chi connectivity index (χ0) is 16.8. The molecular weight excluding hydrogens is 360 g/mol. The van der Waals surface area contributed by atoms with Crippen LogP contribution < -0.4 is 14.2 Å². The molecule has 0 N–H and O–H groups in total. The first-order chi connectivity index (χ1) is 11.0. The van der Waals surface area contributed by atoms with E-state index in [-0.39, 0.29) is 0 Å². The van der Waals surface area contributed by atoms with E-state index in [1.165, 1.54) is 6.08 Å². The third-order valence-corrected chi connectivity index (χ3v) is 3.76. The van der Waals surface area contributed by atoms with Crippen LogP contribution in [0, 0.1) is 6.92 Å². The van der Waals surface area contributed by atoms with Crippen molar-refractivity contribution in [1.29, 1.82) is 0 Å². The molecular formula is C18H17BrO4. The first-order valence-corrected chi connectivity index (χ1v) is 7.71. The molecule has 23 heavy (non-hydrogen) atoms. The molecule has 2 rings (SSSR count). The molecule has 0 fully saturated rings. The minimum Gasteiger partial charge on any atom is -0.497 e. The maximum atomic E-state index is 12.0. The molecule has 120 valence electrons. The van der Waals surface area contributed by atoms with Crippen molar-refractivity contribution in [2.75, 3.05) is 14.2 Å². The number of hydrogen-bond acceptors (Lipinski definition) is 4. The lowest BCUT2D eigenvalue weighted by Gasteiger charge is -2.07. The second-order valence-electron chi connectivity index (χ2n) is 4.80. The maximum absolute atomic E-state index is 12.0. The average molecular weight is 377 g/mol. The Morgan fingerprint density at radius 2 is 1.83 bits per heavy atom. The molecule has 4 nitrogen and oxygen atoms in total. The highest BCUT2D eigenvalue weighted by molar-refractivity contribution is 9.10. The molecule has 0 radical (unpaired) electrons. The molecule has 0 spiro atoms. The Morgan fingerprint density at radius 1 is 1.04 bits per heavy atom. The van der Waals surface area contributed by atoms with E-state index in [4.69, 9.17) is 14.2 Å². The second kappa shape index (κ2) is 7.83. The lowest BCUT2D eigenvalue weighted by molar-refractivity contribution is -0.128. The van der Waals surface area contributed by atoms with E-state index in [2.05, 4.69) is 15.9 Å². The van der Waals surface area contributed by atoms with Crippen LogP contribution in [0.4, 0.5) is 0 Å². The summed E-state index contributed by atoms with van der Waals surface area (Å²) >= 11 is 3.38. The van der Waals surface area contributed by atoms with Gasteiger partial charge in [-0.3, -0.25) is 0 Å². The molecule has 2 aromatic rings. The molecule has 0 aliphatic carbocycles. The number of methoxy groups -OCH3 is 2. The first kappa shape index (κ1) is 17.1. The highest BCUT2D eigenvalue weighted by atomic mass is 79.9. The Balaban J connectivity index is 2.12. The van der Waals surface area contributed by atoms with Gasteiger partial charge in [0.1, 0.15) is 17.2 Å². The summed E-state index contributed by atoms with van der Waals surface area (Å²) in [6.07, 6.45) is 3.00. The Labute approximate surface area is 143 Å². The van der Waals surface area contributed by atoms with Gasteiger partial charge in [-0.05, 0) is 58.8 Å². The first-order valence-electron chi connectivity index (χ1n) is 6.91. The smallest absolute Gasteiger partial charge is 0.336 e. The third-order valence-electron chi connectivity index (χ3n) is 3.14. The van der Waals surface area contributed by atoms with Crippen molar-refractivity contribution in [2.45, 2.75) is 6.92 Å². The Morgan fingerprint density at radius 3 is 2.48 bits per heavy atom. The van der Waals surface area contributed by atoms with Gasteiger partial charge in [0.25, 0.3) is 0 Å². The van der Waals surface area contributed by atoms with Crippen molar-refractivity contribution in [1.82, 2.24) is 0 Å². The zero-order valence-corrected chi connectivity index (χ0v) is 14.7. The lowest BCUT2D eigenvalue weighted by Crippen LogP contribution is -2.04. The van der Waals surface area contributed by atoms with E-state index in [1.54, 1.807) is 38.5 Å². The molecule has 5 heteroatoms. The van der Waals surface area contributed by atoms with Crippen LogP contribution >= 0.6 is 15.9 Å². The van der Waals surface area contributed by atoms with Crippen LogP contribution in [-0.4, -0.2) is 20.2 Å². The predicted molar refractivity (Wildman–Crippen MR) is 93.1 cm³/mol. The van der Waals surface area contributed by atoms with E-state index < -0.39 is 5.97 Å². The summed E-state index contributed by atoms with van der Waals surface area (Å²) in [5, 5.41) is 0. The average Bonchev–Trinajstić information content (AvgIpc) is 2.55. The van der Waals surface area contributed by atoms with Crippen molar-refractivity contribution in [3.8, 4) is 17.2 Å². The second-order valence-corrected chi connectivity index (χ2v) is 5.65. The molecule has 0 unspecified atom stereocenters. The molecule has 0 bridgehead atoms. The van der Waals surface area contributed by atoms with Gasteiger partial charge in [-0.1, -0.05) is 6.07 Å². The van der Waals surface area contributed by atoms with Crippen LogP contribution in [0.3, 0.4) is 0 Å².